The summed E-state index contributed by atoms with van der Waals surface area (Å²) >= 11 is 1.32. The summed E-state index contributed by atoms with van der Waals surface area (Å²) in [5.41, 5.74) is 0. The third-order valence-electron chi connectivity index (χ3n) is 4.58. The van der Waals surface area contributed by atoms with Gasteiger partial charge in [0.05, 0.1) is 18.1 Å². The molecule has 0 aromatic carbocycles. The molecule has 4 atom stereocenters. The van der Waals surface area contributed by atoms with E-state index >= 15 is 0 Å². The summed E-state index contributed by atoms with van der Waals surface area (Å²) in [5.74, 6) is 2.77. The molecular formula is C15H25NO3S. The molecule has 4 nitrogen and oxygen atoms in total. The first-order valence-corrected chi connectivity index (χ1v) is 8.78. The van der Waals surface area contributed by atoms with Gasteiger partial charge in [0, 0.05) is 6.04 Å². The van der Waals surface area contributed by atoms with Gasteiger partial charge >= 0.3 is 5.97 Å². The van der Waals surface area contributed by atoms with E-state index in [9.17, 15) is 9.59 Å². The van der Waals surface area contributed by atoms with E-state index in [-0.39, 0.29) is 23.7 Å². The SMILES string of the molecule is CCOC(=O)CSCC(=O)NC(C)C1CC2CCC1C2. The fourth-order valence-electron chi connectivity index (χ4n) is 3.74. The van der Waals surface area contributed by atoms with Crippen LogP contribution in [-0.2, 0) is 14.3 Å². The molecule has 0 aliphatic heterocycles. The summed E-state index contributed by atoms with van der Waals surface area (Å²) in [7, 11) is 0. The molecular weight excluding hydrogens is 274 g/mol. The molecule has 1 amide bonds. The van der Waals surface area contributed by atoms with Crippen molar-refractivity contribution in [3.8, 4) is 0 Å². The van der Waals surface area contributed by atoms with Crippen molar-refractivity contribution in [3.05, 3.63) is 0 Å². The van der Waals surface area contributed by atoms with Crippen LogP contribution < -0.4 is 5.32 Å². The second-order valence-electron chi connectivity index (χ2n) is 5.99. The number of nitrogens with one attached hydrogen (secondary N) is 1. The number of rotatable bonds is 7. The molecule has 0 aromatic heterocycles. The van der Waals surface area contributed by atoms with Crippen LogP contribution in [0.3, 0.4) is 0 Å². The number of fused-ring (bicyclic) bond motifs is 2. The molecule has 5 heteroatoms. The molecule has 0 aromatic rings. The van der Waals surface area contributed by atoms with Gasteiger partial charge in [-0.25, -0.2) is 0 Å². The van der Waals surface area contributed by atoms with Crippen molar-refractivity contribution < 1.29 is 14.3 Å². The summed E-state index contributed by atoms with van der Waals surface area (Å²) in [5, 5.41) is 3.10. The maximum atomic E-state index is 11.9. The van der Waals surface area contributed by atoms with Gasteiger partial charge in [-0.2, -0.15) is 0 Å². The maximum absolute atomic E-state index is 11.9. The van der Waals surface area contributed by atoms with Gasteiger partial charge in [0.2, 0.25) is 5.91 Å². The van der Waals surface area contributed by atoms with Crippen LogP contribution in [0.1, 0.15) is 39.5 Å². The lowest BCUT2D eigenvalue weighted by Crippen LogP contribution is -2.41. The predicted molar refractivity (Wildman–Crippen MR) is 80.5 cm³/mol. The molecule has 0 heterocycles. The fraction of sp³-hybridized carbons (Fsp3) is 0.867. The molecule has 0 spiro atoms. The Morgan fingerprint density at radius 2 is 2.10 bits per heavy atom. The highest BCUT2D eigenvalue weighted by Crippen LogP contribution is 2.49. The fourth-order valence-corrected chi connectivity index (χ4v) is 4.36. The second-order valence-corrected chi connectivity index (χ2v) is 6.98. The first-order chi connectivity index (χ1) is 9.60. The molecule has 2 aliphatic carbocycles. The molecule has 4 unspecified atom stereocenters. The second kappa shape index (κ2) is 7.34. The van der Waals surface area contributed by atoms with E-state index in [1.165, 1.54) is 37.4 Å². The largest absolute Gasteiger partial charge is 0.465 e. The zero-order valence-electron chi connectivity index (χ0n) is 12.4. The van der Waals surface area contributed by atoms with E-state index in [1.54, 1.807) is 6.92 Å². The lowest BCUT2D eigenvalue weighted by molar-refractivity contribution is -0.139. The summed E-state index contributed by atoms with van der Waals surface area (Å²) in [4.78, 5) is 23.0. The van der Waals surface area contributed by atoms with E-state index in [0.717, 1.165) is 11.8 Å². The van der Waals surface area contributed by atoms with E-state index in [1.807, 2.05) is 0 Å². The average molecular weight is 299 g/mol. The minimum Gasteiger partial charge on any atom is -0.465 e. The van der Waals surface area contributed by atoms with Crippen molar-refractivity contribution in [2.45, 2.75) is 45.6 Å². The van der Waals surface area contributed by atoms with E-state index in [2.05, 4.69) is 12.2 Å². The van der Waals surface area contributed by atoms with Crippen molar-refractivity contribution in [1.82, 2.24) is 5.32 Å². The third kappa shape index (κ3) is 4.14. The van der Waals surface area contributed by atoms with Crippen LogP contribution in [-0.4, -0.2) is 36.0 Å². The van der Waals surface area contributed by atoms with Crippen LogP contribution in [0.25, 0.3) is 0 Å². The lowest BCUT2D eigenvalue weighted by atomic mass is 9.84. The average Bonchev–Trinajstić information content (AvgIpc) is 3.01. The highest BCUT2D eigenvalue weighted by molar-refractivity contribution is 8.00. The van der Waals surface area contributed by atoms with Crippen LogP contribution >= 0.6 is 11.8 Å². The molecule has 2 bridgehead atoms. The topological polar surface area (TPSA) is 55.4 Å². The van der Waals surface area contributed by atoms with Crippen molar-refractivity contribution in [1.29, 1.82) is 0 Å². The normalized spacial score (nSPS) is 29.2. The smallest absolute Gasteiger partial charge is 0.315 e. The van der Waals surface area contributed by atoms with Gasteiger partial charge in [-0.1, -0.05) is 6.42 Å². The summed E-state index contributed by atoms with van der Waals surface area (Å²) in [6, 6.07) is 0.265. The van der Waals surface area contributed by atoms with Crippen molar-refractivity contribution in [3.63, 3.8) is 0 Å². The minimum absolute atomic E-state index is 0.0366. The molecule has 1 N–H and O–H groups in total. The van der Waals surface area contributed by atoms with Gasteiger partial charge in [0.25, 0.3) is 0 Å². The first-order valence-electron chi connectivity index (χ1n) is 7.62. The van der Waals surface area contributed by atoms with Gasteiger partial charge in [-0.15, -0.1) is 11.8 Å². The summed E-state index contributed by atoms with van der Waals surface area (Å²) in [6.07, 6.45) is 5.37. The Hall–Kier alpha value is -0.710. The number of esters is 1. The van der Waals surface area contributed by atoms with Crippen LogP contribution in [0.15, 0.2) is 0 Å². The molecule has 2 fully saturated rings. The molecule has 0 radical (unpaired) electrons. The van der Waals surface area contributed by atoms with Crippen LogP contribution in [0.2, 0.25) is 0 Å². The van der Waals surface area contributed by atoms with E-state index < -0.39 is 0 Å². The Balaban J connectivity index is 1.63. The molecule has 2 rings (SSSR count). The lowest BCUT2D eigenvalue weighted by Gasteiger charge is -2.28. The highest BCUT2D eigenvalue weighted by Gasteiger charge is 2.42. The van der Waals surface area contributed by atoms with E-state index in [0.29, 0.717) is 18.3 Å². The van der Waals surface area contributed by atoms with Crippen LogP contribution in [0.5, 0.6) is 0 Å². The Kier molecular flexibility index (Phi) is 5.75. The molecule has 2 aliphatic rings. The molecule has 114 valence electrons. The standard InChI is InChI=1S/C15H25NO3S/c1-3-19-15(18)9-20-8-14(17)16-10(2)13-7-11-4-5-12(13)6-11/h10-13H,3-9H2,1-2H3,(H,16,17). The van der Waals surface area contributed by atoms with Gasteiger partial charge < -0.3 is 10.1 Å². The van der Waals surface area contributed by atoms with Gasteiger partial charge in [-0.05, 0) is 50.9 Å². The summed E-state index contributed by atoms with van der Waals surface area (Å²) < 4.78 is 4.83. The van der Waals surface area contributed by atoms with E-state index in [4.69, 9.17) is 4.74 Å². The number of amides is 1. The molecule has 0 saturated heterocycles. The number of carbonyl (C=O) groups is 2. The van der Waals surface area contributed by atoms with Crippen LogP contribution in [0.4, 0.5) is 0 Å². The van der Waals surface area contributed by atoms with Gasteiger partial charge in [-0.3, -0.25) is 9.59 Å². The Labute approximate surface area is 125 Å². The number of ether oxygens (including phenoxy) is 1. The zero-order valence-corrected chi connectivity index (χ0v) is 13.2. The van der Waals surface area contributed by atoms with Gasteiger partial charge in [0.15, 0.2) is 0 Å². The highest BCUT2D eigenvalue weighted by atomic mass is 32.2. The van der Waals surface area contributed by atoms with Gasteiger partial charge in [0.1, 0.15) is 0 Å². The van der Waals surface area contributed by atoms with Crippen molar-refractivity contribution in [2.24, 2.45) is 17.8 Å². The van der Waals surface area contributed by atoms with Crippen LogP contribution in [0, 0.1) is 17.8 Å². The maximum Gasteiger partial charge on any atom is 0.315 e. The van der Waals surface area contributed by atoms with Crippen molar-refractivity contribution in [2.75, 3.05) is 18.1 Å². The Morgan fingerprint density at radius 1 is 1.30 bits per heavy atom. The number of thioether (sulfide) groups is 1. The first kappa shape index (κ1) is 15.7. The number of hydrogen-bond donors (Lipinski definition) is 1. The molecule has 20 heavy (non-hydrogen) atoms. The Morgan fingerprint density at radius 3 is 2.70 bits per heavy atom. The third-order valence-corrected chi connectivity index (χ3v) is 5.49. The quantitative estimate of drug-likeness (QED) is 0.732. The zero-order chi connectivity index (χ0) is 14.5. The minimum atomic E-state index is -0.244. The predicted octanol–water partition coefficient (Wildman–Crippen LogP) is 2.22. The monoisotopic (exact) mass is 299 g/mol. The number of hydrogen-bond acceptors (Lipinski definition) is 4. The molecule has 2 saturated carbocycles. The van der Waals surface area contributed by atoms with Crippen molar-refractivity contribution >= 4 is 23.6 Å². The number of carbonyl (C=O) groups excluding carboxylic acids is 2. The summed E-state index contributed by atoms with van der Waals surface area (Å²) in [6.45, 7) is 4.30. The Bertz CT molecular complexity index is 361.